The van der Waals surface area contributed by atoms with Crippen LogP contribution < -0.4 is 10.6 Å². The molecule has 2 aromatic rings. The van der Waals surface area contributed by atoms with Crippen LogP contribution >= 0.6 is 0 Å². The van der Waals surface area contributed by atoms with E-state index in [0.29, 0.717) is 6.61 Å². The number of nitrogens with one attached hydrogen (secondary N) is 2. The lowest BCUT2D eigenvalue weighted by Crippen LogP contribution is -2.42. The summed E-state index contributed by atoms with van der Waals surface area (Å²) in [5.41, 5.74) is 4.64. The molecule has 0 spiro atoms. The van der Waals surface area contributed by atoms with Gasteiger partial charge in [0, 0.05) is 12.5 Å². The van der Waals surface area contributed by atoms with Gasteiger partial charge in [-0.15, -0.1) is 0 Å². The molecule has 188 valence electrons. The van der Waals surface area contributed by atoms with Crippen LogP contribution in [0.5, 0.6) is 0 Å². The van der Waals surface area contributed by atoms with Crippen molar-refractivity contribution in [3.63, 3.8) is 0 Å². The molecule has 2 amide bonds. The van der Waals surface area contributed by atoms with Gasteiger partial charge < -0.3 is 24.8 Å². The molecule has 1 unspecified atom stereocenters. The Morgan fingerprint density at radius 3 is 2.17 bits per heavy atom. The van der Waals surface area contributed by atoms with E-state index in [1.165, 1.54) is 36.8 Å². The molecule has 0 heterocycles. The summed E-state index contributed by atoms with van der Waals surface area (Å²) in [6.07, 6.45) is 5.96. The maximum Gasteiger partial charge on any atom is 0.407 e. The first-order chi connectivity index (χ1) is 17.2. The quantitative estimate of drug-likeness (QED) is 0.379. The second-order valence-electron chi connectivity index (χ2n) is 9.12. The Labute approximate surface area is 207 Å². The Morgan fingerprint density at radius 2 is 1.54 bits per heavy atom. The Kier molecular flexibility index (Phi) is 9.15. The fourth-order valence-electron chi connectivity index (χ4n) is 4.99. The zero-order chi connectivity index (χ0) is 24.5. The Bertz CT molecular complexity index is 941. The van der Waals surface area contributed by atoms with Gasteiger partial charge in [-0.1, -0.05) is 74.2 Å². The highest BCUT2D eigenvalue weighted by Crippen LogP contribution is 2.44. The first kappa shape index (κ1) is 25.2. The third-order valence-electron chi connectivity index (χ3n) is 6.70. The number of carbonyl (C=O) groups excluding carboxylic acids is 2. The molecule has 35 heavy (non-hydrogen) atoms. The number of ether oxygens (including phenoxy) is 3. The van der Waals surface area contributed by atoms with Crippen molar-refractivity contribution < 1.29 is 23.8 Å². The lowest BCUT2D eigenvalue weighted by Gasteiger charge is -2.24. The van der Waals surface area contributed by atoms with Gasteiger partial charge in [0.25, 0.3) is 0 Å². The molecule has 1 saturated carbocycles. The summed E-state index contributed by atoms with van der Waals surface area (Å²) >= 11 is 0. The zero-order valence-corrected chi connectivity index (χ0v) is 20.5. The number of amides is 2. The predicted molar refractivity (Wildman–Crippen MR) is 134 cm³/mol. The first-order valence-corrected chi connectivity index (χ1v) is 12.8. The fourth-order valence-corrected chi connectivity index (χ4v) is 4.99. The van der Waals surface area contributed by atoms with Crippen molar-refractivity contribution >= 4 is 12.0 Å². The monoisotopic (exact) mass is 480 g/mol. The average molecular weight is 481 g/mol. The number of alkyl carbamates (subject to hydrolysis) is 1. The third-order valence-corrected chi connectivity index (χ3v) is 6.70. The summed E-state index contributed by atoms with van der Waals surface area (Å²) in [6.45, 7) is 2.70. The summed E-state index contributed by atoms with van der Waals surface area (Å²) in [5, 5.41) is 5.34. The molecule has 2 aliphatic carbocycles. The van der Waals surface area contributed by atoms with Gasteiger partial charge in [-0.05, 0) is 42.0 Å². The molecule has 2 N–H and O–H groups in total. The summed E-state index contributed by atoms with van der Waals surface area (Å²) in [4.78, 5) is 24.6. The van der Waals surface area contributed by atoms with E-state index in [2.05, 4.69) is 34.9 Å². The van der Waals surface area contributed by atoms with Crippen LogP contribution in [0.4, 0.5) is 4.79 Å². The van der Waals surface area contributed by atoms with Crippen LogP contribution in [-0.2, 0) is 19.0 Å². The molecule has 4 rings (SSSR count). The van der Waals surface area contributed by atoms with Crippen molar-refractivity contribution in [2.75, 3.05) is 26.3 Å². The molecule has 0 aliphatic heterocycles. The highest BCUT2D eigenvalue weighted by atomic mass is 16.7. The van der Waals surface area contributed by atoms with Gasteiger partial charge in [0.2, 0.25) is 5.91 Å². The lowest BCUT2D eigenvalue weighted by atomic mass is 9.98. The number of rotatable bonds is 10. The zero-order valence-electron chi connectivity index (χ0n) is 20.5. The SMILES string of the molecule is CCOC(CNC(=O)CNC(=O)OCC1c2ccccc2-c2ccccc21)OC1CCCCCC1. The van der Waals surface area contributed by atoms with Gasteiger partial charge in [-0.2, -0.15) is 0 Å². The van der Waals surface area contributed by atoms with Crippen molar-refractivity contribution in [2.24, 2.45) is 0 Å². The van der Waals surface area contributed by atoms with E-state index in [9.17, 15) is 9.59 Å². The largest absolute Gasteiger partial charge is 0.449 e. The summed E-state index contributed by atoms with van der Waals surface area (Å²) in [7, 11) is 0. The molecule has 7 nitrogen and oxygen atoms in total. The summed E-state index contributed by atoms with van der Waals surface area (Å²) in [5.74, 6) is -0.331. The van der Waals surface area contributed by atoms with E-state index < -0.39 is 12.4 Å². The van der Waals surface area contributed by atoms with Crippen LogP contribution in [0.25, 0.3) is 11.1 Å². The van der Waals surface area contributed by atoms with Crippen molar-refractivity contribution in [2.45, 2.75) is 63.8 Å². The molecule has 7 heteroatoms. The van der Waals surface area contributed by atoms with Crippen molar-refractivity contribution in [3.05, 3.63) is 59.7 Å². The second-order valence-corrected chi connectivity index (χ2v) is 9.12. The van der Waals surface area contributed by atoms with E-state index >= 15 is 0 Å². The van der Waals surface area contributed by atoms with Crippen molar-refractivity contribution in [1.82, 2.24) is 10.6 Å². The third kappa shape index (κ3) is 6.83. The summed E-state index contributed by atoms with van der Waals surface area (Å²) < 4.78 is 17.2. The molecular weight excluding hydrogens is 444 g/mol. The highest BCUT2D eigenvalue weighted by Gasteiger charge is 2.29. The van der Waals surface area contributed by atoms with Crippen LogP contribution in [0.15, 0.2) is 48.5 Å². The first-order valence-electron chi connectivity index (χ1n) is 12.8. The Morgan fingerprint density at radius 1 is 0.914 bits per heavy atom. The minimum absolute atomic E-state index is 0.0185. The Hall–Kier alpha value is -2.90. The number of hydrogen-bond acceptors (Lipinski definition) is 5. The van der Waals surface area contributed by atoms with Gasteiger partial charge in [0.05, 0.1) is 19.2 Å². The molecule has 1 fully saturated rings. The molecule has 2 aromatic carbocycles. The second kappa shape index (κ2) is 12.7. The van der Waals surface area contributed by atoms with Crippen LogP contribution in [0.1, 0.15) is 62.5 Å². The van der Waals surface area contributed by atoms with Crippen LogP contribution in [0.3, 0.4) is 0 Å². The van der Waals surface area contributed by atoms with Crippen molar-refractivity contribution in [3.8, 4) is 11.1 Å². The van der Waals surface area contributed by atoms with E-state index in [1.807, 2.05) is 31.2 Å². The van der Waals surface area contributed by atoms with Crippen LogP contribution in [0.2, 0.25) is 0 Å². The standard InChI is InChI=1S/C28H36N2O5/c1-2-33-27(35-20-11-5-3-4-6-12-20)18-29-26(31)17-30-28(32)34-19-25-23-15-9-7-13-21(23)22-14-8-10-16-24(22)25/h7-10,13-16,20,25,27H,2-6,11-12,17-19H2,1H3,(H,29,31)(H,30,32). The number of carbonyl (C=O) groups is 2. The van der Waals surface area contributed by atoms with Crippen LogP contribution in [0, 0.1) is 0 Å². The topological polar surface area (TPSA) is 85.9 Å². The number of hydrogen-bond donors (Lipinski definition) is 2. The Balaban J connectivity index is 1.20. The maximum atomic E-state index is 12.3. The highest BCUT2D eigenvalue weighted by molar-refractivity contribution is 5.82. The summed E-state index contributed by atoms with van der Waals surface area (Å²) in [6, 6.07) is 16.3. The van der Waals surface area contributed by atoms with Crippen molar-refractivity contribution in [1.29, 1.82) is 0 Å². The maximum absolute atomic E-state index is 12.3. The smallest absolute Gasteiger partial charge is 0.407 e. The van der Waals surface area contributed by atoms with E-state index in [-0.39, 0.29) is 37.6 Å². The van der Waals surface area contributed by atoms with E-state index in [4.69, 9.17) is 14.2 Å². The van der Waals surface area contributed by atoms with E-state index in [1.54, 1.807) is 0 Å². The predicted octanol–water partition coefficient (Wildman–Crippen LogP) is 4.74. The van der Waals surface area contributed by atoms with Crippen LogP contribution in [-0.4, -0.2) is 50.7 Å². The minimum atomic E-state index is -0.613. The number of fused-ring (bicyclic) bond motifs is 3. The average Bonchev–Trinajstić information content (AvgIpc) is 2.99. The van der Waals surface area contributed by atoms with Gasteiger partial charge in [-0.3, -0.25) is 4.79 Å². The molecule has 0 saturated heterocycles. The van der Waals surface area contributed by atoms with Gasteiger partial charge >= 0.3 is 6.09 Å². The molecule has 0 bridgehead atoms. The van der Waals surface area contributed by atoms with Gasteiger partial charge in [-0.25, -0.2) is 4.79 Å². The van der Waals surface area contributed by atoms with Gasteiger partial charge in [0.15, 0.2) is 6.29 Å². The molecule has 0 radical (unpaired) electrons. The minimum Gasteiger partial charge on any atom is -0.449 e. The molecule has 1 atom stereocenters. The number of benzene rings is 2. The molecule has 0 aromatic heterocycles. The lowest BCUT2D eigenvalue weighted by molar-refractivity contribution is -0.169. The molecular formula is C28H36N2O5. The molecule has 2 aliphatic rings. The van der Waals surface area contributed by atoms with E-state index in [0.717, 1.165) is 24.0 Å². The fraction of sp³-hybridized carbons (Fsp3) is 0.500. The van der Waals surface area contributed by atoms with Gasteiger partial charge in [0.1, 0.15) is 6.61 Å². The normalized spacial score (nSPS) is 16.6.